The monoisotopic (exact) mass is 466 g/mol. The number of hydrogen-bond donors (Lipinski definition) is 3. The lowest BCUT2D eigenvalue weighted by atomic mass is 10.1. The van der Waals surface area contributed by atoms with Gasteiger partial charge in [0.15, 0.2) is 0 Å². The molecule has 3 aromatic rings. The molecule has 3 aromatic carbocycles. The fourth-order valence-corrected chi connectivity index (χ4v) is 3.19. The average molecular weight is 467 g/mol. The number of hydrogen-bond acceptors (Lipinski definition) is 3. The van der Waals surface area contributed by atoms with Gasteiger partial charge in [0, 0.05) is 36.0 Å². The van der Waals surface area contributed by atoms with Gasteiger partial charge in [-0.1, -0.05) is 17.9 Å². The van der Waals surface area contributed by atoms with Gasteiger partial charge < -0.3 is 15.5 Å². The molecule has 0 spiro atoms. The van der Waals surface area contributed by atoms with E-state index in [-0.39, 0.29) is 22.6 Å². The summed E-state index contributed by atoms with van der Waals surface area (Å²) in [7, 11) is 1.72. The van der Waals surface area contributed by atoms with Crippen LogP contribution < -0.4 is 10.6 Å². The van der Waals surface area contributed by atoms with Crippen molar-refractivity contribution in [1.29, 1.82) is 5.41 Å². The van der Waals surface area contributed by atoms with Gasteiger partial charge in [-0.15, -0.1) is 12.8 Å². The van der Waals surface area contributed by atoms with Crippen LogP contribution >= 0.6 is 0 Å². The Morgan fingerprint density at radius 2 is 1.54 bits per heavy atom. The summed E-state index contributed by atoms with van der Waals surface area (Å²) >= 11 is 0. The number of rotatable bonds is 6. The molecule has 174 valence electrons. The molecular weight excluding hydrogens is 443 g/mol. The molecule has 0 saturated carbocycles. The number of amides is 2. The second-order valence-corrected chi connectivity index (χ2v) is 7.59. The summed E-state index contributed by atoms with van der Waals surface area (Å²) in [5.41, 5.74) is 1.99. The van der Waals surface area contributed by atoms with Crippen LogP contribution in [0.25, 0.3) is 0 Å². The number of anilines is 2. The highest BCUT2D eigenvalue weighted by Gasteiger charge is 2.19. The smallest absolute Gasteiger partial charge is 0.258 e. The molecule has 0 saturated heterocycles. The summed E-state index contributed by atoms with van der Waals surface area (Å²) in [6.45, 7) is 2.45. The molecule has 0 heterocycles. The van der Waals surface area contributed by atoms with E-state index in [0.717, 1.165) is 6.07 Å². The van der Waals surface area contributed by atoms with E-state index in [0.29, 0.717) is 28.9 Å². The van der Waals surface area contributed by atoms with Crippen molar-refractivity contribution < 1.29 is 14.0 Å². The van der Waals surface area contributed by atoms with Gasteiger partial charge in [-0.05, 0) is 61.5 Å². The first-order chi connectivity index (χ1) is 16.8. The van der Waals surface area contributed by atoms with Gasteiger partial charge in [-0.2, -0.15) is 0 Å². The van der Waals surface area contributed by atoms with Gasteiger partial charge in [0.25, 0.3) is 11.8 Å². The third-order valence-corrected chi connectivity index (χ3v) is 5.33. The van der Waals surface area contributed by atoms with E-state index < -0.39 is 17.6 Å². The molecular formula is C28H23FN4O2. The minimum absolute atomic E-state index is 0.109. The lowest BCUT2D eigenvalue weighted by Crippen LogP contribution is -2.26. The van der Waals surface area contributed by atoms with E-state index in [1.54, 1.807) is 42.3 Å². The second kappa shape index (κ2) is 10.8. The first-order valence-electron chi connectivity index (χ1n) is 10.7. The number of amidine groups is 1. The summed E-state index contributed by atoms with van der Waals surface area (Å²) < 4.78 is 14.8. The van der Waals surface area contributed by atoms with Gasteiger partial charge in [-0.25, -0.2) is 4.39 Å². The Kier molecular flexibility index (Phi) is 7.66. The molecule has 0 aromatic heterocycles. The number of carbonyl (C=O) groups excluding carboxylic acids is 2. The number of carbonyl (C=O) groups is 2. The molecule has 35 heavy (non-hydrogen) atoms. The van der Waals surface area contributed by atoms with Crippen LogP contribution in [0, 0.1) is 35.9 Å². The Morgan fingerprint density at radius 1 is 0.914 bits per heavy atom. The van der Waals surface area contributed by atoms with E-state index in [1.165, 1.54) is 24.3 Å². The lowest BCUT2D eigenvalue weighted by Gasteiger charge is -2.18. The van der Waals surface area contributed by atoms with E-state index in [2.05, 4.69) is 22.5 Å². The minimum atomic E-state index is -0.783. The Morgan fingerprint density at radius 3 is 2.14 bits per heavy atom. The topological polar surface area (TPSA) is 85.3 Å². The van der Waals surface area contributed by atoms with Crippen LogP contribution in [0.2, 0.25) is 0 Å². The Labute approximate surface area is 203 Å². The van der Waals surface area contributed by atoms with Crippen molar-refractivity contribution in [3.8, 4) is 24.7 Å². The Balaban J connectivity index is 1.86. The lowest BCUT2D eigenvalue weighted by molar-refractivity contribution is 0.102. The van der Waals surface area contributed by atoms with E-state index in [1.807, 2.05) is 6.92 Å². The highest BCUT2D eigenvalue weighted by atomic mass is 19.1. The van der Waals surface area contributed by atoms with Gasteiger partial charge in [0.05, 0.1) is 16.8 Å². The zero-order chi connectivity index (χ0) is 25.5. The van der Waals surface area contributed by atoms with Crippen LogP contribution in [-0.4, -0.2) is 36.1 Å². The van der Waals surface area contributed by atoms with Crippen molar-refractivity contribution in [3.63, 3.8) is 0 Å². The van der Waals surface area contributed by atoms with Crippen LogP contribution in [0.3, 0.4) is 0 Å². The fourth-order valence-electron chi connectivity index (χ4n) is 3.19. The van der Waals surface area contributed by atoms with Crippen molar-refractivity contribution in [2.24, 2.45) is 0 Å². The quantitative estimate of drug-likeness (QED) is 0.283. The number of terminal acetylenes is 2. The summed E-state index contributed by atoms with van der Waals surface area (Å²) in [5, 5.41) is 13.4. The standard InChI is InChI=1S/C28H23FN4O2/c1-5-18-8-12-21(13-9-18)31-28(35)23-16-19(6-2)10-15-25(23)32-27(34)22-14-11-20(17-24(22)29)26(30)33(4)7-3/h1-2,8-17,30H,7H2,3-4H3,(H,31,35)(H,32,34). The first-order valence-corrected chi connectivity index (χ1v) is 10.7. The molecule has 0 unspecified atom stereocenters. The maximum atomic E-state index is 14.8. The summed E-state index contributed by atoms with van der Waals surface area (Å²) in [4.78, 5) is 27.5. The summed E-state index contributed by atoms with van der Waals surface area (Å²) in [5.74, 6) is 3.04. The molecule has 0 atom stereocenters. The van der Waals surface area contributed by atoms with E-state index in [4.69, 9.17) is 18.3 Å². The zero-order valence-electron chi connectivity index (χ0n) is 19.3. The Hall–Kier alpha value is -4.88. The van der Waals surface area contributed by atoms with Crippen LogP contribution in [0.15, 0.2) is 60.7 Å². The van der Waals surface area contributed by atoms with Crippen LogP contribution in [0.4, 0.5) is 15.8 Å². The van der Waals surface area contributed by atoms with Crippen molar-refractivity contribution in [2.75, 3.05) is 24.2 Å². The van der Waals surface area contributed by atoms with E-state index in [9.17, 15) is 14.0 Å². The maximum Gasteiger partial charge on any atom is 0.258 e. The summed E-state index contributed by atoms with van der Waals surface area (Å²) in [6, 6.07) is 15.1. The van der Waals surface area contributed by atoms with Crippen LogP contribution in [-0.2, 0) is 0 Å². The van der Waals surface area contributed by atoms with Gasteiger partial charge in [-0.3, -0.25) is 15.0 Å². The van der Waals surface area contributed by atoms with Crippen molar-refractivity contribution in [2.45, 2.75) is 6.92 Å². The number of halogens is 1. The Bertz CT molecular complexity index is 1380. The SMILES string of the molecule is C#Cc1ccc(NC(=O)c2cc(C#C)ccc2NC(=O)c2ccc(C(=N)N(C)CC)cc2F)cc1. The predicted molar refractivity (Wildman–Crippen MR) is 136 cm³/mol. The van der Waals surface area contributed by atoms with Gasteiger partial charge in [0.2, 0.25) is 0 Å². The molecule has 0 aliphatic heterocycles. The molecule has 3 N–H and O–H groups in total. The molecule has 0 radical (unpaired) electrons. The van der Waals surface area contributed by atoms with Crippen molar-refractivity contribution >= 4 is 29.0 Å². The number of nitrogens with zero attached hydrogens (tertiary/aromatic N) is 1. The molecule has 0 aliphatic rings. The second-order valence-electron chi connectivity index (χ2n) is 7.59. The van der Waals surface area contributed by atoms with Crippen LogP contribution in [0.5, 0.6) is 0 Å². The van der Waals surface area contributed by atoms with Crippen molar-refractivity contribution in [1.82, 2.24) is 4.90 Å². The van der Waals surface area contributed by atoms with Crippen molar-refractivity contribution in [3.05, 3.63) is 94.3 Å². The molecule has 2 amide bonds. The van der Waals surface area contributed by atoms with Crippen LogP contribution in [0.1, 0.15) is 44.3 Å². The highest BCUT2D eigenvalue weighted by Crippen LogP contribution is 2.22. The fraction of sp³-hybridized carbons (Fsp3) is 0.107. The molecule has 0 fully saturated rings. The normalized spacial score (nSPS) is 9.97. The molecule has 3 rings (SSSR count). The number of benzene rings is 3. The molecule has 7 heteroatoms. The third-order valence-electron chi connectivity index (χ3n) is 5.33. The molecule has 0 aliphatic carbocycles. The first kappa shape index (κ1) is 24.8. The van der Waals surface area contributed by atoms with Gasteiger partial charge >= 0.3 is 0 Å². The largest absolute Gasteiger partial charge is 0.360 e. The van der Waals surface area contributed by atoms with Gasteiger partial charge in [0.1, 0.15) is 11.7 Å². The highest BCUT2D eigenvalue weighted by molar-refractivity contribution is 6.13. The molecule has 6 nitrogen and oxygen atoms in total. The molecule has 0 bridgehead atoms. The maximum absolute atomic E-state index is 14.8. The predicted octanol–water partition coefficient (Wildman–Crippen LogP) is 4.57. The third kappa shape index (κ3) is 5.73. The van der Waals surface area contributed by atoms with E-state index >= 15 is 0 Å². The average Bonchev–Trinajstić information content (AvgIpc) is 2.88. The summed E-state index contributed by atoms with van der Waals surface area (Å²) in [6.07, 6.45) is 10.8. The minimum Gasteiger partial charge on any atom is -0.360 e. The zero-order valence-corrected chi connectivity index (χ0v) is 19.3. The number of nitrogens with one attached hydrogen (secondary N) is 3.